The third-order valence-corrected chi connectivity index (χ3v) is 4.14. The summed E-state index contributed by atoms with van der Waals surface area (Å²) in [5.74, 6) is 0. The van der Waals surface area contributed by atoms with E-state index >= 15 is 0 Å². The number of rotatable bonds is 2. The third kappa shape index (κ3) is 1.35. The predicted octanol–water partition coefficient (Wildman–Crippen LogP) is 2.23. The third-order valence-electron chi connectivity index (χ3n) is 1.92. The molecule has 0 saturated carbocycles. The molecular formula is C6H13N2OP. The predicted molar refractivity (Wildman–Crippen MR) is 42.6 cm³/mol. The van der Waals surface area contributed by atoms with E-state index in [1.807, 2.05) is 0 Å². The zero-order valence-corrected chi connectivity index (χ0v) is 7.56. The van der Waals surface area contributed by atoms with Crippen molar-refractivity contribution < 1.29 is 4.52 Å². The fraction of sp³-hybridized carbons (Fsp3) is 1.00. The summed E-state index contributed by atoms with van der Waals surface area (Å²) in [6, 6.07) is 0. The van der Waals surface area contributed by atoms with Crippen LogP contribution in [0.4, 0.5) is 0 Å². The van der Waals surface area contributed by atoms with E-state index in [9.17, 15) is 0 Å². The lowest BCUT2D eigenvalue weighted by Crippen LogP contribution is -2.16. The highest BCUT2D eigenvalue weighted by molar-refractivity contribution is 7.53. The van der Waals surface area contributed by atoms with Crippen LogP contribution in [0, 0.1) is 0 Å². The first kappa shape index (κ1) is 8.09. The van der Waals surface area contributed by atoms with Crippen LogP contribution >= 0.6 is 8.15 Å². The molecule has 0 aromatic rings. The van der Waals surface area contributed by atoms with Gasteiger partial charge in [0.1, 0.15) is 5.28 Å². The van der Waals surface area contributed by atoms with Crippen molar-refractivity contribution in [2.24, 2.45) is 10.2 Å². The van der Waals surface area contributed by atoms with Gasteiger partial charge in [-0.05, 0) is 13.6 Å². The van der Waals surface area contributed by atoms with E-state index in [1.54, 1.807) is 7.11 Å². The summed E-state index contributed by atoms with van der Waals surface area (Å²) in [4.78, 5) is 0. The Balaban J connectivity index is 2.59. The number of hydrogen-bond donors (Lipinski definition) is 0. The van der Waals surface area contributed by atoms with E-state index in [4.69, 9.17) is 4.52 Å². The molecule has 0 spiro atoms. The maximum absolute atomic E-state index is 5.25. The fourth-order valence-electron chi connectivity index (χ4n) is 0.931. The second-order valence-corrected chi connectivity index (χ2v) is 4.94. The Hall–Kier alpha value is -0.0100. The molecule has 1 rings (SSSR count). The van der Waals surface area contributed by atoms with Crippen molar-refractivity contribution in [2.75, 3.05) is 20.3 Å². The average Bonchev–Trinajstić information content (AvgIpc) is 2.36. The minimum Gasteiger partial charge on any atom is -0.360 e. The highest BCUT2D eigenvalue weighted by Crippen LogP contribution is 2.51. The van der Waals surface area contributed by atoms with Crippen LogP contribution in [0.25, 0.3) is 0 Å². The molecule has 2 unspecified atom stereocenters. The molecule has 0 saturated heterocycles. The Morgan fingerprint density at radius 3 is 2.70 bits per heavy atom. The van der Waals surface area contributed by atoms with Gasteiger partial charge in [-0.1, -0.05) is 0 Å². The van der Waals surface area contributed by atoms with Crippen LogP contribution in [0.15, 0.2) is 10.2 Å². The summed E-state index contributed by atoms with van der Waals surface area (Å²) in [5, 5.41) is 8.14. The van der Waals surface area contributed by atoms with Gasteiger partial charge < -0.3 is 4.52 Å². The molecule has 58 valence electrons. The van der Waals surface area contributed by atoms with Crippen molar-refractivity contribution in [1.29, 1.82) is 0 Å². The molecule has 0 N–H and O–H groups in total. The van der Waals surface area contributed by atoms with Gasteiger partial charge in [-0.25, -0.2) is 0 Å². The van der Waals surface area contributed by atoms with Gasteiger partial charge >= 0.3 is 0 Å². The molecule has 0 aromatic carbocycles. The topological polar surface area (TPSA) is 34.0 Å². The van der Waals surface area contributed by atoms with Crippen LogP contribution in [0.2, 0.25) is 0 Å². The molecule has 0 bridgehead atoms. The molecule has 0 aliphatic carbocycles. The molecule has 0 aromatic heterocycles. The Bertz CT molecular complexity index is 151. The standard InChI is InChI=1S/C6H13N2OP/c1-6(10(3)9-2)4-5-7-8-6/h4-5H2,1-3H3. The first-order valence-corrected chi connectivity index (χ1v) is 5.06. The molecule has 0 fully saturated rings. The molecule has 0 radical (unpaired) electrons. The average molecular weight is 160 g/mol. The first-order chi connectivity index (χ1) is 4.69. The minimum absolute atomic E-state index is 0.00405. The molecule has 1 heterocycles. The van der Waals surface area contributed by atoms with Crippen LogP contribution in [-0.4, -0.2) is 25.6 Å². The van der Waals surface area contributed by atoms with Crippen LogP contribution in [0.3, 0.4) is 0 Å². The van der Waals surface area contributed by atoms with Gasteiger partial charge in [-0.2, -0.15) is 10.2 Å². The van der Waals surface area contributed by atoms with Gasteiger partial charge in [0.05, 0.1) is 14.7 Å². The van der Waals surface area contributed by atoms with Crippen LogP contribution < -0.4 is 0 Å². The highest BCUT2D eigenvalue weighted by Gasteiger charge is 2.34. The normalized spacial score (nSPS) is 34.7. The summed E-state index contributed by atoms with van der Waals surface area (Å²) < 4.78 is 5.25. The van der Waals surface area contributed by atoms with Gasteiger partial charge in [-0.3, -0.25) is 0 Å². The lowest BCUT2D eigenvalue weighted by molar-refractivity contribution is 0.437. The molecule has 1 aliphatic heterocycles. The summed E-state index contributed by atoms with van der Waals surface area (Å²) in [7, 11) is 1.32. The van der Waals surface area contributed by atoms with E-state index in [0.717, 1.165) is 13.0 Å². The van der Waals surface area contributed by atoms with E-state index < -0.39 is 8.15 Å². The largest absolute Gasteiger partial charge is 0.360 e. The van der Waals surface area contributed by atoms with Crippen LogP contribution in [0.1, 0.15) is 13.3 Å². The van der Waals surface area contributed by atoms with Crippen molar-refractivity contribution in [3.05, 3.63) is 0 Å². The first-order valence-electron chi connectivity index (χ1n) is 3.36. The minimum atomic E-state index is -0.422. The SMILES string of the molecule is COP(C)C1(C)CCN=N1. The van der Waals surface area contributed by atoms with Gasteiger partial charge in [0.15, 0.2) is 0 Å². The molecule has 4 heteroatoms. The van der Waals surface area contributed by atoms with Gasteiger partial charge in [0.25, 0.3) is 0 Å². The van der Waals surface area contributed by atoms with Crippen molar-refractivity contribution in [3.8, 4) is 0 Å². The Morgan fingerprint density at radius 1 is 1.60 bits per heavy atom. The monoisotopic (exact) mass is 160 g/mol. The quantitative estimate of drug-likeness (QED) is 0.570. The van der Waals surface area contributed by atoms with Crippen molar-refractivity contribution in [2.45, 2.75) is 18.6 Å². The maximum atomic E-state index is 5.25. The molecule has 0 amide bonds. The van der Waals surface area contributed by atoms with Gasteiger partial charge in [0.2, 0.25) is 0 Å². The highest BCUT2D eigenvalue weighted by atomic mass is 31.1. The number of hydrogen-bond acceptors (Lipinski definition) is 3. The van der Waals surface area contributed by atoms with E-state index in [0.29, 0.717) is 0 Å². The lowest BCUT2D eigenvalue weighted by atomic mass is 10.3. The Labute approximate surface area is 62.7 Å². The van der Waals surface area contributed by atoms with Gasteiger partial charge in [0, 0.05) is 13.5 Å². The van der Waals surface area contributed by atoms with Crippen molar-refractivity contribution in [3.63, 3.8) is 0 Å². The Morgan fingerprint density at radius 2 is 2.30 bits per heavy atom. The smallest absolute Gasteiger partial charge is 0.124 e. The zero-order chi connectivity index (χ0) is 7.61. The van der Waals surface area contributed by atoms with Crippen molar-refractivity contribution in [1.82, 2.24) is 0 Å². The lowest BCUT2D eigenvalue weighted by Gasteiger charge is -2.24. The number of azo groups is 1. The second-order valence-electron chi connectivity index (χ2n) is 2.61. The van der Waals surface area contributed by atoms with Crippen LogP contribution in [0.5, 0.6) is 0 Å². The summed E-state index contributed by atoms with van der Waals surface area (Å²) >= 11 is 0. The summed E-state index contributed by atoms with van der Waals surface area (Å²) in [5.41, 5.74) is 0. The van der Waals surface area contributed by atoms with E-state index in [1.165, 1.54) is 0 Å². The van der Waals surface area contributed by atoms with E-state index in [-0.39, 0.29) is 5.28 Å². The van der Waals surface area contributed by atoms with Crippen molar-refractivity contribution >= 4 is 8.15 Å². The Kier molecular flexibility index (Phi) is 2.37. The maximum Gasteiger partial charge on any atom is 0.124 e. The van der Waals surface area contributed by atoms with Gasteiger partial charge in [-0.15, -0.1) is 0 Å². The number of nitrogens with zero attached hydrogens (tertiary/aromatic N) is 2. The zero-order valence-electron chi connectivity index (χ0n) is 6.66. The molecule has 1 aliphatic rings. The molecule has 3 nitrogen and oxygen atoms in total. The fourth-order valence-corrected chi connectivity index (χ4v) is 1.93. The van der Waals surface area contributed by atoms with E-state index in [2.05, 4.69) is 23.8 Å². The second kappa shape index (κ2) is 2.93. The molecular weight excluding hydrogens is 147 g/mol. The summed E-state index contributed by atoms with van der Waals surface area (Å²) in [6.07, 6.45) is 1.04. The molecule has 10 heavy (non-hydrogen) atoms. The summed E-state index contributed by atoms with van der Waals surface area (Å²) in [6.45, 7) is 5.07. The molecule has 2 atom stereocenters. The van der Waals surface area contributed by atoms with Crippen LogP contribution in [-0.2, 0) is 4.52 Å².